The molecule has 4 rings (SSSR count). The molecule has 0 aromatic rings. The van der Waals surface area contributed by atoms with E-state index in [0.717, 1.165) is 30.3 Å². The molecule has 0 aromatic heterocycles. The molecule has 10 atom stereocenters. The Bertz CT molecular complexity index is 1560. The molecule has 0 aliphatic carbocycles. The van der Waals surface area contributed by atoms with Crippen molar-refractivity contribution in [3.05, 3.63) is 0 Å². The second kappa shape index (κ2) is 18.9. The van der Waals surface area contributed by atoms with Gasteiger partial charge in [-0.15, -0.1) is 0 Å². The van der Waals surface area contributed by atoms with E-state index >= 15 is 0 Å². The summed E-state index contributed by atoms with van der Waals surface area (Å²) in [6.07, 6.45) is -0.413. The lowest BCUT2D eigenvalue weighted by Gasteiger charge is -2.47. The van der Waals surface area contributed by atoms with Gasteiger partial charge in [0.05, 0.1) is 12.6 Å². The minimum atomic E-state index is -2.70. The topological polar surface area (TPSA) is 280 Å². The maximum atomic E-state index is 14.7. The van der Waals surface area contributed by atoms with Gasteiger partial charge in [0.1, 0.15) is 30.3 Å². The third-order valence-corrected chi connectivity index (χ3v) is 11.6. The Morgan fingerprint density at radius 1 is 0.879 bits per heavy atom. The van der Waals surface area contributed by atoms with Crippen molar-refractivity contribution >= 4 is 41.4 Å². The molecule has 21 heteroatoms. The summed E-state index contributed by atoms with van der Waals surface area (Å²) in [5.74, 6) is -10.4. The number of hydrogen-bond acceptors (Lipinski definition) is 15. The van der Waals surface area contributed by atoms with Gasteiger partial charge in [0.15, 0.2) is 11.6 Å². The van der Waals surface area contributed by atoms with Crippen molar-refractivity contribution < 1.29 is 63.7 Å². The molecule has 0 spiro atoms. The monoisotopic (exact) mass is 826 g/mol. The number of nitrogens with zero attached hydrogens (tertiary/aromatic N) is 4. The smallest absolute Gasteiger partial charge is 0.331 e. The fraction of sp³-hybridized carbons (Fsp3) is 0.811. The number of hydroxylamine groups is 4. The fourth-order valence-electron chi connectivity index (χ4n) is 7.79. The Morgan fingerprint density at radius 2 is 1.43 bits per heavy atom. The Kier molecular flexibility index (Phi) is 15.2. The van der Waals surface area contributed by atoms with Crippen molar-refractivity contribution in [3.8, 4) is 0 Å². The van der Waals surface area contributed by atoms with E-state index in [4.69, 9.17) is 9.47 Å². The molecule has 10 unspecified atom stereocenters. The van der Waals surface area contributed by atoms with E-state index in [0.29, 0.717) is 25.2 Å². The first-order chi connectivity index (χ1) is 27.0. The summed E-state index contributed by atoms with van der Waals surface area (Å²) in [4.78, 5) is 96.6. The first kappa shape index (κ1) is 46.7. The molecule has 0 saturated carbocycles. The summed E-state index contributed by atoms with van der Waals surface area (Å²) in [7, 11) is 0. The van der Waals surface area contributed by atoms with Crippen LogP contribution in [0.5, 0.6) is 0 Å². The zero-order valence-corrected chi connectivity index (χ0v) is 34.6. The van der Waals surface area contributed by atoms with Crippen LogP contribution < -0.4 is 21.5 Å². The van der Waals surface area contributed by atoms with Crippen LogP contribution >= 0.6 is 0 Å². The largest absolute Gasteiger partial charge is 0.458 e. The number of amides is 6. The number of carbonyl (C=O) groups is 7. The van der Waals surface area contributed by atoms with Crippen molar-refractivity contribution in [2.45, 2.75) is 154 Å². The normalized spacial score (nSPS) is 34.0. The van der Waals surface area contributed by atoms with E-state index in [2.05, 4.69) is 21.5 Å². The molecule has 4 heterocycles. The first-order valence-electron chi connectivity index (χ1n) is 20.1. The highest BCUT2D eigenvalue weighted by molar-refractivity contribution is 5.97. The number of ether oxygens (including phenoxy) is 2. The standard InChI is InChI=1S/C37H62N8O13/c1-19(2)17-24-13-14-37(54,58-23(24)7)36(8,53)35(52)41-28-29(20(3)4)57-34(51)22(6)45(56)31(48)25-11-9-15-39-42(25)27(46)18-38-30(47)21(5)44(55)32(49)26-12-10-16-40-43(26)33(28)50/h19-26,28-29,39-40,53-56H,9-18H2,1-8H3,(H,38,47)(H,41,52). The molecule has 328 valence electrons. The van der Waals surface area contributed by atoms with Crippen molar-refractivity contribution in [2.75, 3.05) is 19.6 Å². The lowest BCUT2D eigenvalue weighted by atomic mass is 9.79. The molecule has 4 fully saturated rings. The summed E-state index contributed by atoms with van der Waals surface area (Å²) in [6.45, 7) is 11.9. The van der Waals surface area contributed by atoms with Crippen LogP contribution in [0.15, 0.2) is 0 Å². The van der Waals surface area contributed by atoms with E-state index in [-0.39, 0.29) is 48.4 Å². The van der Waals surface area contributed by atoms with Crippen LogP contribution in [0.4, 0.5) is 0 Å². The van der Waals surface area contributed by atoms with Crippen LogP contribution in [0.1, 0.15) is 100 Å². The quantitative estimate of drug-likeness (QED) is 0.114. The molecule has 6 amide bonds. The molecular formula is C37H62N8O13. The highest BCUT2D eigenvalue weighted by atomic mass is 16.6. The molecule has 0 radical (unpaired) electrons. The third-order valence-electron chi connectivity index (χ3n) is 11.6. The average molecular weight is 827 g/mol. The van der Waals surface area contributed by atoms with E-state index in [1.54, 1.807) is 6.92 Å². The minimum Gasteiger partial charge on any atom is -0.458 e. The Morgan fingerprint density at radius 3 is 1.98 bits per heavy atom. The maximum absolute atomic E-state index is 14.7. The number of nitrogens with one attached hydrogen (secondary N) is 4. The second-order valence-electron chi connectivity index (χ2n) is 16.7. The molecule has 0 bridgehead atoms. The minimum absolute atomic E-state index is 0.0222. The lowest BCUT2D eigenvalue weighted by Crippen LogP contribution is -2.70. The van der Waals surface area contributed by atoms with Gasteiger partial charge in [0.2, 0.25) is 11.7 Å². The number of fused-ring (bicyclic) bond motifs is 2. The molecule has 0 aromatic carbocycles. The highest BCUT2D eigenvalue weighted by Gasteiger charge is 2.57. The molecule has 4 saturated heterocycles. The second-order valence-corrected chi connectivity index (χ2v) is 16.7. The number of rotatable bonds is 6. The van der Waals surface area contributed by atoms with Gasteiger partial charge >= 0.3 is 5.97 Å². The van der Waals surface area contributed by atoms with E-state index < -0.39 is 108 Å². The molecular weight excluding hydrogens is 764 g/mol. The number of aliphatic hydroxyl groups is 2. The van der Waals surface area contributed by atoms with Crippen LogP contribution in [0.25, 0.3) is 0 Å². The van der Waals surface area contributed by atoms with Crippen molar-refractivity contribution in [2.24, 2.45) is 17.8 Å². The van der Waals surface area contributed by atoms with E-state index in [1.165, 1.54) is 20.8 Å². The average Bonchev–Trinajstić information content (AvgIpc) is 3.19. The van der Waals surface area contributed by atoms with Gasteiger partial charge in [-0.2, -0.15) is 0 Å². The molecule has 8 N–H and O–H groups in total. The van der Waals surface area contributed by atoms with E-state index in [1.807, 2.05) is 13.8 Å². The summed E-state index contributed by atoms with van der Waals surface area (Å²) in [5.41, 5.74) is 2.85. The van der Waals surface area contributed by atoms with Gasteiger partial charge in [-0.25, -0.2) is 25.8 Å². The van der Waals surface area contributed by atoms with Crippen molar-refractivity contribution in [3.63, 3.8) is 0 Å². The predicted octanol–water partition coefficient (Wildman–Crippen LogP) is -1.33. The van der Waals surface area contributed by atoms with Crippen LogP contribution in [-0.4, -0.2) is 156 Å². The Balaban J connectivity index is 1.77. The van der Waals surface area contributed by atoms with Crippen LogP contribution in [0.2, 0.25) is 0 Å². The summed E-state index contributed by atoms with van der Waals surface area (Å²) >= 11 is 0. The van der Waals surface area contributed by atoms with Crippen LogP contribution in [0, 0.1) is 17.8 Å². The SMILES string of the molecule is CC(C)CC1CCC(O)(C(C)(O)C(=O)NC2C(=O)N3NCCCC3C(=O)N(O)C(C)C(=O)NCC(=O)N3NCCCC3C(=O)N(O)C(C)C(=O)OC2C(C)C)OC1C. The Hall–Kier alpha value is -3.99. The van der Waals surface area contributed by atoms with Crippen molar-refractivity contribution in [1.29, 1.82) is 0 Å². The summed E-state index contributed by atoms with van der Waals surface area (Å²) < 4.78 is 11.7. The lowest BCUT2D eigenvalue weighted by molar-refractivity contribution is -0.326. The van der Waals surface area contributed by atoms with Gasteiger partial charge in [0.25, 0.3) is 29.5 Å². The summed E-state index contributed by atoms with van der Waals surface area (Å²) in [5, 5.41) is 52.3. The third kappa shape index (κ3) is 9.88. The van der Waals surface area contributed by atoms with Crippen LogP contribution in [-0.2, 0) is 43.0 Å². The molecule has 58 heavy (non-hydrogen) atoms. The van der Waals surface area contributed by atoms with Crippen LogP contribution in [0.3, 0.4) is 0 Å². The zero-order valence-electron chi connectivity index (χ0n) is 34.6. The number of carbonyl (C=O) groups excluding carboxylic acids is 7. The molecule has 21 nitrogen and oxygen atoms in total. The summed E-state index contributed by atoms with van der Waals surface area (Å²) in [6, 6.07) is -8.05. The predicted molar refractivity (Wildman–Crippen MR) is 200 cm³/mol. The van der Waals surface area contributed by atoms with Gasteiger partial charge in [-0.1, -0.05) is 27.7 Å². The maximum Gasteiger partial charge on any atom is 0.331 e. The number of hydrazine groups is 2. The molecule has 4 aliphatic heterocycles. The van der Waals surface area contributed by atoms with Gasteiger partial charge in [0, 0.05) is 19.5 Å². The molecule has 4 aliphatic rings. The van der Waals surface area contributed by atoms with Gasteiger partial charge in [-0.3, -0.25) is 49.2 Å². The van der Waals surface area contributed by atoms with Gasteiger partial charge in [-0.05, 0) is 84.0 Å². The number of esters is 1. The van der Waals surface area contributed by atoms with E-state index in [9.17, 15) is 54.2 Å². The number of cyclic esters (lactones) is 1. The fourth-order valence-corrected chi connectivity index (χ4v) is 7.79. The van der Waals surface area contributed by atoms with Crippen molar-refractivity contribution in [1.82, 2.24) is 41.6 Å². The Labute approximate surface area is 337 Å². The zero-order chi connectivity index (χ0) is 43.4. The highest BCUT2D eigenvalue weighted by Crippen LogP contribution is 2.40. The van der Waals surface area contributed by atoms with Gasteiger partial charge < -0.3 is 30.3 Å². The number of hydrogen-bond donors (Lipinski definition) is 8. The first-order valence-corrected chi connectivity index (χ1v) is 20.1.